The van der Waals surface area contributed by atoms with E-state index in [1.165, 1.54) is 12.8 Å². The van der Waals surface area contributed by atoms with Gasteiger partial charge in [0.1, 0.15) is 12.4 Å². The molecular formula is C21H29N5O3. The minimum Gasteiger partial charge on any atom is -0.492 e. The van der Waals surface area contributed by atoms with E-state index in [1.54, 1.807) is 35.1 Å². The molecule has 1 aliphatic rings. The summed E-state index contributed by atoms with van der Waals surface area (Å²) in [5.74, 6) is 0.0112. The fourth-order valence-electron chi connectivity index (χ4n) is 3.44. The largest absolute Gasteiger partial charge is 0.492 e. The summed E-state index contributed by atoms with van der Waals surface area (Å²) < 4.78 is 7.46. The standard InChI is InChI=1S/C21H29N5O3/c1-17-5-3-10-25(16-17)12-9-22-20(27)21(28)24-18-6-2-7-19(15-18)29-14-13-26-11-4-8-23-26/h2,4,6-8,11,15,17H,3,5,9-10,12-14,16H2,1H3,(H,22,27)(H,24,28). The van der Waals surface area contributed by atoms with Gasteiger partial charge in [0.25, 0.3) is 0 Å². The minimum atomic E-state index is -0.675. The number of hydrogen-bond acceptors (Lipinski definition) is 5. The Labute approximate surface area is 171 Å². The summed E-state index contributed by atoms with van der Waals surface area (Å²) in [6.45, 7) is 6.66. The maximum Gasteiger partial charge on any atom is 0.313 e. The third kappa shape index (κ3) is 6.90. The second-order valence-electron chi connectivity index (χ2n) is 7.40. The zero-order valence-electron chi connectivity index (χ0n) is 16.8. The Kier molecular flexibility index (Phi) is 7.63. The molecule has 3 rings (SSSR count). The minimum absolute atomic E-state index is 0.453. The number of carbonyl (C=O) groups is 2. The van der Waals surface area contributed by atoms with Gasteiger partial charge in [-0.15, -0.1) is 0 Å². The first-order valence-electron chi connectivity index (χ1n) is 10.1. The Balaban J connectivity index is 1.39. The Morgan fingerprint density at radius 3 is 2.93 bits per heavy atom. The first-order chi connectivity index (χ1) is 14.1. The van der Waals surface area contributed by atoms with Gasteiger partial charge in [0.05, 0.1) is 6.54 Å². The van der Waals surface area contributed by atoms with Gasteiger partial charge in [0.15, 0.2) is 0 Å². The average Bonchev–Trinajstić information content (AvgIpc) is 3.22. The van der Waals surface area contributed by atoms with Crippen molar-refractivity contribution in [3.05, 3.63) is 42.7 Å². The predicted octanol–water partition coefficient (Wildman–Crippen LogP) is 1.75. The molecular weight excluding hydrogens is 370 g/mol. The lowest BCUT2D eigenvalue weighted by molar-refractivity contribution is -0.136. The number of ether oxygens (including phenoxy) is 1. The molecule has 2 N–H and O–H groups in total. The van der Waals surface area contributed by atoms with E-state index >= 15 is 0 Å². The summed E-state index contributed by atoms with van der Waals surface area (Å²) >= 11 is 0. The zero-order chi connectivity index (χ0) is 20.5. The van der Waals surface area contributed by atoms with E-state index in [-0.39, 0.29) is 0 Å². The second-order valence-corrected chi connectivity index (χ2v) is 7.40. The second kappa shape index (κ2) is 10.6. The number of amides is 2. The van der Waals surface area contributed by atoms with Gasteiger partial charge in [0.2, 0.25) is 0 Å². The van der Waals surface area contributed by atoms with Crippen LogP contribution in [0.2, 0.25) is 0 Å². The topological polar surface area (TPSA) is 88.5 Å². The Bertz CT molecular complexity index is 793. The van der Waals surface area contributed by atoms with E-state index in [1.807, 2.05) is 12.3 Å². The molecule has 1 fully saturated rings. The van der Waals surface area contributed by atoms with Crippen LogP contribution in [0, 0.1) is 5.92 Å². The van der Waals surface area contributed by atoms with Crippen molar-refractivity contribution in [1.82, 2.24) is 20.0 Å². The zero-order valence-corrected chi connectivity index (χ0v) is 16.8. The first-order valence-corrected chi connectivity index (χ1v) is 10.1. The molecule has 0 bridgehead atoms. The molecule has 29 heavy (non-hydrogen) atoms. The number of nitrogens with zero attached hydrogens (tertiary/aromatic N) is 3. The van der Waals surface area contributed by atoms with Gasteiger partial charge in [-0.25, -0.2) is 0 Å². The highest BCUT2D eigenvalue weighted by Crippen LogP contribution is 2.17. The number of anilines is 1. The third-order valence-corrected chi connectivity index (χ3v) is 4.90. The van der Waals surface area contributed by atoms with Crippen molar-refractivity contribution in [3.8, 4) is 5.75 Å². The molecule has 0 saturated carbocycles. The molecule has 8 heteroatoms. The van der Waals surface area contributed by atoms with Crippen molar-refractivity contribution >= 4 is 17.5 Å². The van der Waals surface area contributed by atoms with Gasteiger partial charge < -0.3 is 20.3 Å². The van der Waals surface area contributed by atoms with Gasteiger partial charge in [-0.05, 0) is 43.5 Å². The summed E-state index contributed by atoms with van der Waals surface area (Å²) in [5.41, 5.74) is 0.520. The average molecular weight is 399 g/mol. The number of hydrogen-bond donors (Lipinski definition) is 2. The quantitative estimate of drug-likeness (QED) is 0.660. The molecule has 1 unspecified atom stereocenters. The van der Waals surface area contributed by atoms with E-state index in [2.05, 4.69) is 27.6 Å². The van der Waals surface area contributed by atoms with Crippen molar-refractivity contribution in [2.75, 3.05) is 38.1 Å². The summed E-state index contributed by atoms with van der Waals surface area (Å²) in [7, 11) is 0. The predicted molar refractivity (Wildman–Crippen MR) is 111 cm³/mol. The van der Waals surface area contributed by atoms with Crippen molar-refractivity contribution in [3.63, 3.8) is 0 Å². The molecule has 1 aliphatic heterocycles. The molecule has 1 saturated heterocycles. The maximum atomic E-state index is 12.1. The molecule has 1 aromatic carbocycles. The lowest BCUT2D eigenvalue weighted by atomic mass is 10.0. The fraction of sp³-hybridized carbons (Fsp3) is 0.476. The van der Waals surface area contributed by atoms with Crippen molar-refractivity contribution in [1.29, 1.82) is 0 Å². The van der Waals surface area contributed by atoms with Crippen LogP contribution in [-0.2, 0) is 16.1 Å². The Morgan fingerprint density at radius 1 is 1.24 bits per heavy atom. The van der Waals surface area contributed by atoms with E-state index in [0.717, 1.165) is 19.6 Å². The van der Waals surface area contributed by atoms with Gasteiger partial charge >= 0.3 is 11.8 Å². The van der Waals surface area contributed by atoms with Crippen molar-refractivity contribution < 1.29 is 14.3 Å². The van der Waals surface area contributed by atoms with Crippen LogP contribution >= 0.6 is 0 Å². The molecule has 156 valence electrons. The summed E-state index contributed by atoms with van der Waals surface area (Å²) in [6, 6.07) is 8.85. The normalized spacial score (nSPS) is 16.9. The number of benzene rings is 1. The van der Waals surface area contributed by atoms with Crippen LogP contribution in [0.5, 0.6) is 5.75 Å². The van der Waals surface area contributed by atoms with Crippen LogP contribution in [0.3, 0.4) is 0 Å². The van der Waals surface area contributed by atoms with Crippen LogP contribution in [0.4, 0.5) is 5.69 Å². The highest BCUT2D eigenvalue weighted by molar-refractivity contribution is 6.39. The summed E-state index contributed by atoms with van der Waals surface area (Å²) in [5, 5.41) is 9.43. The van der Waals surface area contributed by atoms with Crippen LogP contribution in [0.25, 0.3) is 0 Å². The van der Waals surface area contributed by atoms with Gasteiger partial charge in [0, 0.05) is 43.8 Å². The number of carbonyl (C=O) groups excluding carboxylic acids is 2. The number of piperidine rings is 1. The van der Waals surface area contributed by atoms with E-state index < -0.39 is 11.8 Å². The molecule has 1 atom stereocenters. The monoisotopic (exact) mass is 399 g/mol. The van der Waals surface area contributed by atoms with Crippen LogP contribution in [0.15, 0.2) is 42.7 Å². The van der Waals surface area contributed by atoms with Crippen molar-refractivity contribution in [2.24, 2.45) is 5.92 Å². The highest BCUT2D eigenvalue weighted by Gasteiger charge is 2.17. The summed E-state index contributed by atoms with van der Waals surface area (Å²) in [6.07, 6.45) is 6.03. The number of likely N-dealkylation sites (tertiary alicyclic amines) is 1. The SMILES string of the molecule is CC1CCCN(CCNC(=O)C(=O)Nc2cccc(OCCn3cccn3)c2)C1. The molecule has 2 amide bonds. The number of aromatic nitrogens is 2. The Hall–Kier alpha value is -2.87. The van der Waals surface area contributed by atoms with Crippen LogP contribution < -0.4 is 15.4 Å². The smallest absolute Gasteiger partial charge is 0.313 e. The number of nitrogens with one attached hydrogen (secondary N) is 2. The molecule has 0 spiro atoms. The third-order valence-electron chi connectivity index (χ3n) is 4.90. The van der Waals surface area contributed by atoms with Gasteiger partial charge in [-0.3, -0.25) is 14.3 Å². The molecule has 2 heterocycles. The lowest BCUT2D eigenvalue weighted by Crippen LogP contribution is -2.42. The summed E-state index contributed by atoms with van der Waals surface area (Å²) in [4.78, 5) is 26.5. The van der Waals surface area contributed by atoms with E-state index in [9.17, 15) is 9.59 Å². The first kappa shape index (κ1) is 20.9. The van der Waals surface area contributed by atoms with E-state index in [4.69, 9.17) is 4.74 Å². The van der Waals surface area contributed by atoms with Gasteiger partial charge in [-0.1, -0.05) is 13.0 Å². The van der Waals surface area contributed by atoms with Gasteiger partial charge in [-0.2, -0.15) is 5.10 Å². The molecule has 1 aromatic heterocycles. The molecule has 2 aromatic rings. The van der Waals surface area contributed by atoms with Crippen LogP contribution in [0.1, 0.15) is 19.8 Å². The lowest BCUT2D eigenvalue weighted by Gasteiger charge is -2.30. The Morgan fingerprint density at radius 2 is 2.14 bits per heavy atom. The van der Waals surface area contributed by atoms with Crippen molar-refractivity contribution in [2.45, 2.75) is 26.3 Å². The fourth-order valence-corrected chi connectivity index (χ4v) is 3.44. The molecule has 0 aliphatic carbocycles. The highest BCUT2D eigenvalue weighted by atomic mass is 16.5. The van der Waals surface area contributed by atoms with E-state index in [0.29, 0.717) is 37.1 Å². The molecule has 0 radical (unpaired) electrons. The number of rotatable bonds is 8. The maximum absolute atomic E-state index is 12.1. The van der Waals surface area contributed by atoms with Crippen LogP contribution in [-0.4, -0.2) is 59.3 Å². The molecule has 8 nitrogen and oxygen atoms in total.